The maximum Gasteiger partial charge on any atom is 0.147 e. The first kappa shape index (κ1) is 16.3. The van der Waals surface area contributed by atoms with Crippen LogP contribution < -0.4 is 0 Å². The quantitative estimate of drug-likeness (QED) is 0.799. The van der Waals surface area contributed by atoms with Gasteiger partial charge in [0.25, 0.3) is 0 Å². The van der Waals surface area contributed by atoms with Crippen molar-refractivity contribution in [1.82, 2.24) is 0 Å². The van der Waals surface area contributed by atoms with Crippen LogP contribution in [-0.2, 0) is 16.6 Å². The van der Waals surface area contributed by atoms with Gasteiger partial charge in [-0.15, -0.1) is 11.8 Å². The van der Waals surface area contributed by atoms with Crippen molar-refractivity contribution in [3.8, 4) is 0 Å². The van der Waals surface area contributed by atoms with Crippen molar-refractivity contribution >= 4 is 17.5 Å². The number of thioether (sulfide) groups is 1. The van der Waals surface area contributed by atoms with E-state index in [2.05, 4.69) is 65.8 Å². The number of benzene rings is 1. The molecular weight excluding hydrogens is 252 g/mol. The smallest absolute Gasteiger partial charge is 0.147 e. The van der Waals surface area contributed by atoms with Crippen LogP contribution in [0.3, 0.4) is 0 Å². The van der Waals surface area contributed by atoms with Gasteiger partial charge in [0.15, 0.2) is 0 Å². The Hall–Kier alpha value is -0.760. The second kappa shape index (κ2) is 6.13. The van der Waals surface area contributed by atoms with E-state index in [0.717, 1.165) is 5.56 Å². The molecule has 0 radical (unpaired) electrons. The zero-order valence-electron chi connectivity index (χ0n) is 13.0. The number of rotatable bonds is 4. The van der Waals surface area contributed by atoms with Crippen molar-refractivity contribution in [3.05, 3.63) is 35.4 Å². The molecule has 0 bridgehead atoms. The first-order valence-corrected chi connectivity index (χ1v) is 7.81. The monoisotopic (exact) mass is 278 g/mol. The van der Waals surface area contributed by atoms with E-state index in [1.165, 1.54) is 5.56 Å². The molecule has 0 amide bonds. The van der Waals surface area contributed by atoms with Crippen molar-refractivity contribution in [3.63, 3.8) is 0 Å². The Labute approximate surface area is 122 Å². The predicted molar refractivity (Wildman–Crippen MR) is 86.1 cm³/mol. The summed E-state index contributed by atoms with van der Waals surface area (Å²) in [6, 6.07) is 8.44. The molecule has 0 saturated heterocycles. The zero-order chi connectivity index (χ0) is 14.7. The third-order valence-corrected chi connectivity index (χ3v) is 4.22. The number of hydrogen-bond acceptors (Lipinski definition) is 2. The predicted octanol–water partition coefficient (Wildman–Crippen LogP) is 4.63. The summed E-state index contributed by atoms with van der Waals surface area (Å²) in [7, 11) is 0. The largest absolute Gasteiger partial charge is 0.298 e. The Morgan fingerprint density at radius 2 is 1.53 bits per heavy atom. The molecule has 106 valence electrons. The standard InChI is InChI=1S/C17H26OS/c1-16(2,3)14-9-7-13(8-10-14)11-15(18)12-19-17(4,5)6/h7-10H,11-12H2,1-6H3. The maximum atomic E-state index is 11.9. The van der Waals surface area contributed by atoms with E-state index < -0.39 is 0 Å². The second-order valence-electron chi connectivity index (χ2n) is 7.06. The van der Waals surface area contributed by atoms with Crippen LogP contribution in [0.1, 0.15) is 52.7 Å². The van der Waals surface area contributed by atoms with Crippen LogP contribution >= 0.6 is 11.8 Å². The fraction of sp³-hybridized carbons (Fsp3) is 0.588. The Kier molecular flexibility index (Phi) is 5.26. The normalized spacial score (nSPS) is 12.5. The summed E-state index contributed by atoms with van der Waals surface area (Å²) in [5.74, 6) is 0.910. The number of ketones is 1. The molecule has 0 N–H and O–H groups in total. The van der Waals surface area contributed by atoms with Gasteiger partial charge >= 0.3 is 0 Å². The molecule has 0 aliphatic carbocycles. The van der Waals surface area contributed by atoms with Gasteiger partial charge in [0.1, 0.15) is 5.78 Å². The zero-order valence-corrected chi connectivity index (χ0v) is 13.9. The maximum absolute atomic E-state index is 11.9. The molecule has 0 heterocycles. The molecular formula is C17H26OS. The van der Waals surface area contributed by atoms with E-state index in [0.29, 0.717) is 18.0 Å². The molecule has 2 heteroatoms. The van der Waals surface area contributed by atoms with Gasteiger partial charge < -0.3 is 0 Å². The van der Waals surface area contributed by atoms with Crippen LogP contribution in [0.2, 0.25) is 0 Å². The van der Waals surface area contributed by atoms with E-state index in [1.807, 2.05) is 0 Å². The second-order valence-corrected chi connectivity index (χ2v) is 8.87. The summed E-state index contributed by atoms with van der Waals surface area (Å²) < 4.78 is 0.158. The third-order valence-electron chi connectivity index (χ3n) is 2.89. The van der Waals surface area contributed by atoms with Gasteiger partial charge in [-0.1, -0.05) is 65.8 Å². The van der Waals surface area contributed by atoms with Crippen LogP contribution in [0.5, 0.6) is 0 Å². The highest BCUT2D eigenvalue weighted by Crippen LogP contribution is 2.24. The number of hydrogen-bond donors (Lipinski definition) is 0. The lowest BCUT2D eigenvalue weighted by Crippen LogP contribution is -2.14. The minimum atomic E-state index is 0.158. The highest BCUT2D eigenvalue weighted by Gasteiger charge is 2.15. The molecule has 19 heavy (non-hydrogen) atoms. The highest BCUT2D eigenvalue weighted by atomic mass is 32.2. The van der Waals surface area contributed by atoms with Gasteiger partial charge in [-0.05, 0) is 16.5 Å². The molecule has 0 atom stereocenters. The average molecular weight is 278 g/mol. The summed E-state index contributed by atoms with van der Waals surface area (Å²) in [5, 5.41) is 0. The fourth-order valence-electron chi connectivity index (χ4n) is 1.70. The van der Waals surface area contributed by atoms with Crippen LogP contribution in [-0.4, -0.2) is 16.3 Å². The van der Waals surface area contributed by atoms with Crippen molar-refractivity contribution < 1.29 is 4.79 Å². The van der Waals surface area contributed by atoms with Crippen LogP contribution in [0.25, 0.3) is 0 Å². The molecule has 0 aromatic heterocycles. The third kappa shape index (κ3) is 6.29. The summed E-state index contributed by atoms with van der Waals surface area (Å²) >= 11 is 1.72. The molecule has 1 aromatic carbocycles. The Morgan fingerprint density at radius 3 is 1.95 bits per heavy atom. The van der Waals surface area contributed by atoms with Crippen molar-refractivity contribution in [2.24, 2.45) is 0 Å². The molecule has 1 aromatic rings. The van der Waals surface area contributed by atoms with Gasteiger partial charge in [0, 0.05) is 11.2 Å². The van der Waals surface area contributed by atoms with Crippen LogP contribution in [0.15, 0.2) is 24.3 Å². The van der Waals surface area contributed by atoms with Gasteiger partial charge in [-0.2, -0.15) is 0 Å². The molecule has 1 nitrogen and oxygen atoms in total. The van der Waals surface area contributed by atoms with E-state index >= 15 is 0 Å². The Balaban J connectivity index is 2.56. The first-order valence-electron chi connectivity index (χ1n) is 6.83. The van der Waals surface area contributed by atoms with E-state index in [1.54, 1.807) is 11.8 Å². The summed E-state index contributed by atoms with van der Waals surface area (Å²) in [5.41, 5.74) is 2.60. The lowest BCUT2D eigenvalue weighted by molar-refractivity contribution is -0.116. The van der Waals surface area contributed by atoms with Gasteiger partial charge in [0.05, 0.1) is 5.75 Å². The molecule has 0 unspecified atom stereocenters. The molecule has 0 saturated carbocycles. The first-order chi connectivity index (χ1) is 8.58. The lowest BCUT2D eigenvalue weighted by atomic mass is 9.86. The average Bonchev–Trinajstić information content (AvgIpc) is 2.25. The van der Waals surface area contributed by atoms with Crippen LogP contribution in [0, 0.1) is 0 Å². The molecule has 0 fully saturated rings. The van der Waals surface area contributed by atoms with Crippen molar-refractivity contribution in [2.45, 2.75) is 58.1 Å². The van der Waals surface area contributed by atoms with E-state index in [9.17, 15) is 4.79 Å². The Morgan fingerprint density at radius 1 is 1.00 bits per heavy atom. The molecule has 0 aliphatic heterocycles. The fourth-order valence-corrected chi connectivity index (χ4v) is 2.39. The van der Waals surface area contributed by atoms with E-state index in [4.69, 9.17) is 0 Å². The van der Waals surface area contributed by atoms with Gasteiger partial charge in [-0.3, -0.25) is 4.79 Å². The minimum absolute atomic E-state index is 0.158. The van der Waals surface area contributed by atoms with Crippen molar-refractivity contribution in [1.29, 1.82) is 0 Å². The minimum Gasteiger partial charge on any atom is -0.298 e. The highest BCUT2D eigenvalue weighted by molar-refractivity contribution is 8.01. The van der Waals surface area contributed by atoms with Gasteiger partial charge in [0.2, 0.25) is 0 Å². The summed E-state index contributed by atoms with van der Waals surface area (Å²) in [6.45, 7) is 13.0. The summed E-state index contributed by atoms with van der Waals surface area (Å²) in [6.07, 6.45) is 0.549. The Bertz CT molecular complexity index is 418. The topological polar surface area (TPSA) is 17.1 Å². The van der Waals surface area contributed by atoms with Gasteiger partial charge in [-0.25, -0.2) is 0 Å². The van der Waals surface area contributed by atoms with Crippen LogP contribution in [0.4, 0.5) is 0 Å². The summed E-state index contributed by atoms with van der Waals surface area (Å²) in [4.78, 5) is 11.9. The number of Topliss-reactive ketones (excluding diaryl/α,β-unsaturated/α-hetero) is 1. The molecule has 1 rings (SSSR count). The number of carbonyl (C=O) groups is 1. The molecule has 0 aliphatic rings. The molecule has 0 spiro atoms. The van der Waals surface area contributed by atoms with E-state index in [-0.39, 0.29) is 10.2 Å². The SMILES string of the molecule is CC(C)(C)SCC(=O)Cc1ccc(C(C)(C)C)cc1. The lowest BCUT2D eigenvalue weighted by Gasteiger charge is -2.19. The van der Waals surface area contributed by atoms with Crippen molar-refractivity contribution in [2.75, 3.05) is 5.75 Å². The number of carbonyl (C=O) groups excluding carboxylic acids is 1.